The van der Waals surface area contributed by atoms with Gasteiger partial charge in [0, 0.05) is 12.1 Å². The molecule has 0 fully saturated rings. The summed E-state index contributed by atoms with van der Waals surface area (Å²) in [5, 5.41) is 2.67. The van der Waals surface area contributed by atoms with Crippen LogP contribution in [0.4, 0.5) is 5.69 Å². The van der Waals surface area contributed by atoms with Crippen molar-refractivity contribution in [3.05, 3.63) is 53.5 Å². The highest BCUT2D eigenvalue weighted by Gasteiger charge is 2.19. The number of benzene rings is 1. The number of rotatable bonds is 7. The minimum atomic E-state index is -0.904. The normalized spacial score (nSPS) is 11.6. The second kappa shape index (κ2) is 8.28. The van der Waals surface area contributed by atoms with Gasteiger partial charge < -0.3 is 14.5 Å². The van der Waals surface area contributed by atoms with Crippen molar-refractivity contribution in [1.29, 1.82) is 0 Å². The number of Topliss-reactive ketones (excluding diaryl/α,β-unsaturated/α-hetero) is 1. The van der Waals surface area contributed by atoms with Crippen LogP contribution in [0.1, 0.15) is 42.1 Å². The van der Waals surface area contributed by atoms with Crippen LogP contribution in [0.2, 0.25) is 0 Å². The number of aryl methyl sites for hydroxylation is 2. The van der Waals surface area contributed by atoms with Gasteiger partial charge >= 0.3 is 5.97 Å². The van der Waals surface area contributed by atoms with Crippen LogP contribution in [-0.4, -0.2) is 23.8 Å². The summed E-state index contributed by atoms with van der Waals surface area (Å²) in [6.45, 7) is 4.68. The van der Waals surface area contributed by atoms with Crippen molar-refractivity contribution in [1.82, 2.24) is 0 Å². The smallest absolute Gasteiger partial charge is 0.307 e. The number of ketones is 1. The van der Waals surface area contributed by atoms with Crippen LogP contribution in [0.25, 0.3) is 0 Å². The van der Waals surface area contributed by atoms with Gasteiger partial charge in [0.1, 0.15) is 11.5 Å². The largest absolute Gasteiger partial charge is 0.466 e. The number of furan rings is 1. The maximum atomic E-state index is 12.0. The molecule has 1 heterocycles. The van der Waals surface area contributed by atoms with E-state index in [-0.39, 0.29) is 12.2 Å². The molecule has 1 atom stereocenters. The lowest BCUT2D eigenvalue weighted by Crippen LogP contribution is -2.30. The molecule has 1 aromatic heterocycles. The summed E-state index contributed by atoms with van der Waals surface area (Å²) < 4.78 is 10.6. The molecule has 1 amide bonds. The molecule has 25 heavy (non-hydrogen) atoms. The lowest BCUT2D eigenvalue weighted by atomic mass is 10.1. The molecular formula is C19H21NO5. The molecule has 1 N–H and O–H groups in total. The highest BCUT2D eigenvalue weighted by molar-refractivity contribution is 5.95. The molecule has 0 saturated carbocycles. The van der Waals surface area contributed by atoms with Gasteiger partial charge in [-0.1, -0.05) is 18.2 Å². The molecule has 2 rings (SSSR count). The molecule has 132 valence electrons. The van der Waals surface area contributed by atoms with Gasteiger partial charge in [0.2, 0.25) is 0 Å². The number of para-hydroxylation sites is 1. The van der Waals surface area contributed by atoms with E-state index in [2.05, 4.69) is 5.32 Å². The third kappa shape index (κ3) is 5.31. The lowest BCUT2D eigenvalue weighted by Gasteiger charge is -2.13. The van der Waals surface area contributed by atoms with Crippen molar-refractivity contribution in [3.8, 4) is 0 Å². The Hall–Kier alpha value is -2.89. The van der Waals surface area contributed by atoms with Crippen molar-refractivity contribution in [3.63, 3.8) is 0 Å². The molecular weight excluding hydrogens is 322 g/mol. The van der Waals surface area contributed by atoms with Gasteiger partial charge in [0.05, 0.1) is 12.0 Å². The van der Waals surface area contributed by atoms with Gasteiger partial charge in [-0.15, -0.1) is 0 Å². The van der Waals surface area contributed by atoms with Crippen LogP contribution in [0.3, 0.4) is 0 Å². The van der Waals surface area contributed by atoms with Crippen LogP contribution < -0.4 is 5.32 Å². The molecule has 0 saturated heterocycles. The van der Waals surface area contributed by atoms with Gasteiger partial charge in [-0.25, -0.2) is 0 Å². The first-order chi connectivity index (χ1) is 11.9. The second-order valence-corrected chi connectivity index (χ2v) is 5.73. The summed E-state index contributed by atoms with van der Waals surface area (Å²) in [6, 6.07) is 10.6. The minimum Gasteiger partial charge on any atom is -0.466 e. The Balaban J connectivity index is 1.82. The lowest BCUT2D eigenvalue weighted by molar-refractivity contribution is -0.153. The summed E-state index contributed by atoms with van der Waals surface area (Å²) in [7, 11) is 0. The number of anilines is 1. The maximum absolute atomic E-state index is 12.0. The van der Waals surface area contributed by atoms with E-state index in [1.165, 1.54) is 13.8 Å². The van der Waals surface area contributed by atoms with Gasteiger partial charge in [0.15, 0.2) is 11.9 Å². The fraction of sp³-hybridized carbons (Fsp3) is 0.316. The SMILES string of the molecule is CC(=O)c1cc(CCC(=O)O[C@@H](C)C(=O)Nc2ccccc2)oc1C. The zero-order valence-electron chi connectivity index (χ0n) is 14.5. The van der Waals surface area contributed by atoms with Crippen molar-refractivity contribution >= 4 is 23.3 Å². The third-order valence-electron chi connectivity index (χ3n) is 3.64. The predicted octanol–water partition coefficient (Wildman–Crippen LogP) is 3.29. The standard InChI is InChI=1S/C19H21NO5/c1-12(21)17-11-16(24-13(17)2)9-10-18(22)25-14(3)19(23)20-15-7-5-4-6-8-15/h4-8,11,14H,9-10H2,1-3H3,(H,20,23)/t14-/m0/s1. The zero-order chi connectivity index (χ0) is 18.4. The van der Waals surface area contributed by atoms with Crippen LogP contribution in [0, 0.1) is 6.92 Å². The number of ether oxygens (including phenoxy) is 1. The van der Waals surface area contributed by atoms with E-state index in [0.717, 1.165) is 0 Å². The molecule has 2 aromatic rings. The Labute approximate surface area is 146 Å². The van der Waals surface area contributed by atoms with Gasteiger partial charge in [-0.3, -0.25) is 14.4 Å². The highest BCUT2D eigenvalue weighted by atomic mass is 16.5. The van der Waals surface area contributed by atoms with Crippen LogP contribution in [-0.2, 0) is 20.7 Å². The Morgan fingerprint density at radius 1 is 1.20 bits per heavy atom. The van der Waals surface area contributed by atoms with Gasteiger partial charge in [-0.05, 0) is 39.0 Å². The van der Waals surface area contributed by atoms with Gasteiger partial charge in [-0.2, -0.15) is 0 Å². The molecule has 6 nitrogen and oxygen atoms in total. The number of esters is 1. The molecule has 0 radical (unpaired) electrons. The summed E-state index contributed by atoms with van der Waals surface area (Å²) in [5.41, 5.74) is 1.15. The molecule has 0 aliphatic rings. The Morgan fingerprint density at radius 2 is 1.88 bits per heavy atom. The Kier molecular flexibility index (Phi) is 6.11. The quantitative estimate of drug-likeness (QED) is 0.616. The number of amides is 1. The van der Waals surface area contributed by atoms with E-state index in [1.807, 2.05) is 6.07 Å². The average Bonchev–Trinajstić information content (AvgIpc) is 2.95. The molecule has 1 aromatic carbocycles. The fourth-order valence-electron chi connectivity index (χ4n) is 2.32. The van der Waals surface area contributed by atoms with Crippen LogP contribution in [0.15, 0.2) is 40.8 Å². The number of hydrogen-bond acceptors (Lipinski definition) is 5. The van der Waals surface area contributed by atoms with Crippen LogP contribution >= 0.6 is 0 Å². The number of nitrogens with one attached hydrogen (secondary N) is 1. The molecule has 6 heteroatoms. The van der Waals surface area contributed by atoms with E-state index in [0.29, 0.717) is 29.2 Å². The number of carbonyl (C=O) groups excluding carboxylic acids is 3. The van der Waals surface area contributed by atoms with Crippen LogP contribution in [0.5, 0.6) is 0 Å². The van der Waals surface area contributed by atoms with Crippen molar-refractivity contribution in [2.24, 2.45) is 0 Å². The fourth-order valence-corrected chi connectivity index (χ4v) is 2.32. The monoisotopic (exact) mass is 343 g/mol. The average molecular weight is 343 g/mol. The zero-order valence-corrected chi connectivity index (χ0v) is 14.5. The Morgan fingerprint density at radius 3 is 2.48 bits per heavy atom. The summed E-state index contributed by atoms with van der Waals surface area (Å²) in [6.07, 6.45) is -0.536. The van der Waals surface area contributed by atoms with E-state index in [1.54, 1.807) is 37.3 Å². The van der Waals surface area contributed by atoms with Crippen molar-refractivity contribution < 1.29 is 23.5 Å². The van der Waals surface area contributed by atoms with E-state index >= 15 is 0 Å². The minimum absolute atomic E-state index is 0.0628. The van der Waals surface area contributed by atoms with Crippen molar-refractivity contribution in [2.45, 2.75) is 39.7 Å². The molecule has 0 aliphatic carbocycles. The molecule has 0 aliphatic heterocycles. The topological polar surface area (TPSA) is 85.6 Å². The van der Waals surface area contributed by atoms with E-state index in [4.69, 9.17) is 9.15 Å². The predicted molar refractivity (Wildman–Crippen MR) is 92.4 cm³/mol. The molecule has 0 bridgehead atoms. The maximum Gasteiger partial charge on any atom is 0.307 e. The second-order valence-electron chi connectivity index (χ2n) is 5.73. The number of hydrogen-bond donors (Lipinski definition) is 1. The summed E-state index contributed by atoms with van der Waals surface area (Å²) in [4.78, 5) is 35.3. The third-order valence-corrected chi connectivity index (χ3v) is 3.64. The summed E-state index contributed by atoms with van der Waals surface area (Å²) in [5.74, 6) is 0.0928. The van der Waals surface area contributed by atoms with E-state index in [9.17, 15) is 14.4 Å². The first kappa shape index (κ1) is 18.4. The first-order valence-corrected chi connectivity index (χ1v) is 8.02. The first-order valence-electron chi connectivity index (χ1n) is 8.02. The van der Waals surface area contributed by atoms with E-state index < -0.39 is 18.0 Å². The highest BCUT2D eigenvalue weighted by Crippen LogP contribution is 2.17. The summed E-state index contributed by atoms with van der Waals surface area (Å²) >= 11 is 0. The number of carbonyl (C=O) groups is 3. The molecule has 0 spiro atoms. The van der Waals surface area contributed by atoms with Crippen molar-refractivity contribution in [2.75, 3.05) is 5.32 Å². The van der Waals surface area contributed by atoms with Gasteiger partial charge in [0.25, 0.3) is 5.91 Å². The Bertz CT molecular complexity index is 763. The molecule has 0 unspecified atom stereocenters.